The molecular weight excluding hydrogens is 353 g/mol. The zero-order valence-corrected chi connectivity index (χ0v) is 16.0. The van der Waals surface area contributed by atoms with Crippen molar-refractivity contribution in [2.24, 2.45) is 0 Å². The van der Waals surface area contributed by atoms with Crippen LogP contribution in [0.4, 0.5) is 4.39 Å². The van der Waals surface area contributed by atoms with Gasteiger partial charge in [-0.15, -0.1) is 0 Å². The SMILES string of the molecule is Fc1cccc(CN(Cc2cncn2Cc2ccccc2)C[C@@H]2CCCO2)c1. The van der Waals surface area contributed by atoms with Crippen LogP contribution in [0.2, 0.25) is 0 Å². The van der Waals surface area contributed by atoms with Gasteiger partial charge in [0, 0.05) is 39.0 Å². The van der Waals surface area contributed by atoms with Crippen LogP contribution in [0.15, 0.2) is 67.1 Å². The number of aromatic nitrogens is 2. The first kappa shape index (κ1) is 18.8. The lowest BCUT2D eigenvalue weighted by molar-refractivity contribution is 0.0671. The van der Waals surface area contributed by atoms with Crippen LogP contribution in [0.1, 0.15) is 29.7 Å². The summed E-state index contributed by atoms with van der Waals surface area (Å²) in [4.78, 5) is 6.71. The Morgan fingerprint density at radius 2 is 1.93 bits per heavy atom. The van der Waals surface area contributed by atoms with E-state index in [2.05, 4.69) is 38.7 Å². The summed E-state index contributed by atoms with van der Waals surface area (Å²) in [6.07, 6.45) is 6.26. The molecule has 1 aromatic heterocycles. The monoisotopic (exact) mass is 379 g/mol. The Bertz CT molecular complexity index is 874. The van der Waals surface area contributed by atoms with E-state index < -0.39 is 0 Å². The van der Waals surface area contributed by atoms with Gasteiger partial charge >= 0.3 is 0 Å². The maximum Gasteiger partial charge on any atom is 0.123 e. The van der Waals surface area contributed by atoms with Gasteiger partial charge in [-0.25, -0.2) is 9.37 Å². The van der Waals surface area contributed by atoms with Crippen molar-refractivity contribution >= 4 is 0 Å². The van der Waals surface area contributed by atoms with Gasteiger partial charge in [0.25, 0.3) is 0 Å². The van der Waals surface area contributed by atoms with E-state index in [4.69, 9.17) is 4.74 Å². The summed E-state index contributed by atoms with van der Waals surface area (Å²) >= 11 is 0. The van der Waals surface area contributed by atoms with Gasteiger partial charge in [-0.3, -0.25) is 4.90 Å². The summed E-state index contributed by atoms with van der Waals surface area (Å²) in [6.45, 7) is 3.92. The highest BCUT2D eigenvalue weighted by Crippen LogP contribution is 2.18. The molecule has 5 heteroatoms. The number of ether oxygens (including phenoxy) is 1. The molecule has 28 heavy (non-hydrogen) atoms. The second-order valence-corrected chi connectivity index (χ2v) is 7.43. The molecule has 0 saturated carbocycles. The van der Waals surface area contributed by atoms with E-state index in [1.54, 1.807) is 12.1 Å². The molecule has 1 saturated heterocycles. The summed E-state index contributed by atoms with van der Waals surface area (Å²) in [5.41, 5.74) is 3.38. The van der Waals surface area contributed by atoms with Gasteiger partial charge in [-0.1, -0.05) is 42.5 Å². The predicted molar refractivity (Wildman–Crippen MR) is 107 cm³/mol. The normalized spacial score (nSPS) is 16.7. The van der Waals surface area contributed by atoms with Gasteiger partial charge in [-0.05, 0) is 36.1 Å². The van der Waals surface area contributed by atoms with Crippen molar-refractivity contribution in [1.29, 1.82) is 0 Å². The summed E-state index contributed by atoms with van der Waals surface area (Å²) in [6, 6.07) is 17.2. The molecule has 146 valence electrons. The van der Waals surface area contributed by atoms with Gasteiger partial charge in [0.1, 0.15) is 5.82 Å². The number of rotatable bonds is 8. The van der Waals surface area contributed by atoms with Crippen LogP contribution < -0.4 is 0 Å². The van der Waals surface area contributed by atoms with Crippen molar-refractivity contribution in [2.45, 2.75) is 38.6 Å². The van der Waals surface area contributed by atoms with E-state index in [9.17, 15) is 4.39 Å². The topological polar surface area (TPSA) is 30.3 Å². The van der Waals surface area contributed by atoms with Crippen LogP contribution in [-0.4, -0.2) is 33.7 Å². The number of hydrogen-bond acceptors (Lipinski definition) is 3. The number of hydrogen-bond donors (Lipinski definition) is 0. The van der Waals surface area contributed by atoms with E-state index in [0.29, 0.717) is 6.54 Å². The third-order valence-electron chi connectivity index (χ3n) is 5.16. The Kier molecular flexibility index (Phi) is 6.14. The maximum atomic E-state index is 13.6. The molecule has 1 fully saturated rings. The molecule has 0 aliphatic carbocycles. The second kappa shape index (κ2) is 9.13. The number of halogens is 1. The van der Waals surface area contributed by atoms with Crippen molar-refractivity contribution in [3.63, 3.8) is 0 Å². The summed E-state index contributed by atoms with van der Waals surface area (Å²) in [7, 11) is 0. The zero-order valence-electron chi connectivity index (χ0n) is 16.0. The number of benzene rings is 2. The summed E-state index contributed by atoms with van der Waals surface area (Å²) < 4.78 is 21.7. The van der Waals surface area contributed by atoms with Crippen molar-refractivity contribution in [3.05, 3.63) is 89.8 Å². The summed E-state index contributed by atoms with van der Waals surface area (Å²) in [5.74, 6) is -0.191. The Balaban J connectivity index is 1.49. The van der Waals surface area contributed by atoms with Crippen LogP contribution in [0.25, 0.3) is 0 Å². The van der Waals surface area contributed by atoms with Crippen molar-refractivity contribution in [1.82, 2.24) is 14.5 Å². The van der Waals surface area contributed by atoms with Crippen LogP contribution in [-0.2, 0) is 24.4 Å². The van der Waals surface area contributed by atoms with Crippen LogP contribution in [0.3, 0.4) is 0 Å². The van der Waals surface area contributed by atoms with Crippen LogP contribution >= 0.6 is 0 Å². The van der Waals surface area contributed by atoms with Gasteiger partial charge in [0.15, 0.2) is 0 Å². The fraction of sp³-hybridized carbons (Fsp3) is 0.348. The molecule has 0 bridgehead atoms. The molecule has 4 rings (SSSR count). The average molecular weight is 379 g/mol. The quantitative estimate of drug-likeness (QED) is 0.586. The minimum absolute atomic E-state index is 0.191. The van der Waals surface area contributed by atoms with E-state index in [0.717, 1.165) is 50.3 Å². The molecule has 2 aromatic carbocycles. The molecule has 3 aromatic rings. The number of imidazole rings is 1. The van der Waals surface area contributed by atoms with Crippen molar-refractivity contribution in [3.8, 4) is 0 Å². The maximum absolute atomic E-state index is 13.6. The largest absolute Gasteiger partial charge is 0.377 e. The molecule has 4 nitrogen and oxygen atoms in total. The highest BCUT2D eigenvalue weighted by molar-refractivity contribution is 5.18. The lowest BCUT2D eigenvalue weighted by atomic mass is 10.1. The lowest BCUT2D eigenvalue weighted by Crippen LogP contribution is -2.32. The molecule has 0 spiro atoms. The predicted octanol–water partition coefficient (Wildman–Crippen LogP) is 4.25. The standard InChI is InChI=1S/C23H26FN3O/c24-21-9-4-8-20(12-21)14-26(17-23-10-5-11-28-23)16-22-13-25-18-27(22)15-19-6-2-1-3-7-19/h1-4,6-9,12-13,18,23H,5,10-11,14-17H2/t23-/m0/s1. The van der Waals surface area contributed by atoms with E-state index in [1.165, 1.54) is 11.6 Å². The van der Waals surface area contributed by atoms with E-state index in [1.807, 2.05) is 24.7 Å². The zero-order chi connectivity index (χ0) is 19.2. The highest BCUT2D eigenvalue weighted by Gasteiger charge is 2.20. The molecule has 1 aliphatic rings. The molecule has 0 N–H and O–H groups in total. The highest BCUT2D eigenvalue weighted by atomic mass is 19.1. The Hall–Kier alpha value is -2.50. The molecule has 0 radical (unpaired) electrons. The summed E-state index contributed by atoms with van der Waals surface area (Å²) in [5, 5.41) is 0. The first-order valence-corrected chi connectivity index (χ1v) is 9.87. The Morgan fingerprint density at radius 1 is 1.07 bits per heavy atom. The number of nitrogens with zero attached hydrogens (tertiary/aromatic N) is 3. The van der Waals surface area contributed by atoms with Gasteiger partial charge < -0.3 is 9.30 Å². The smallest absolute Gasteiger partial charge is 0.123 e. The fourth-order valence-corrected chi connectivity index (χ4v) is 3.79. The van der Waals surface area contributed by atoms with Crippen molar-refractivity contribution in [2.75, 3.05) is 13.2 Å². The minimum atomic E-state index is -0.191. The van der Waals surface area contributed by atoms with Gasteiger partial charge in [-0.2, -0.15) is 0 Å². The molecule has 2 heterocycles. The molecule has 1 aliphatic heterocycles. The van der Waals surface area contributed by atoms with Crippen LogP contribution in [0, 0.1) is 5.82 Å². The Morgan fingerprint density at radius 3 is 2.71 bits per heavy atom. The Labute approximate surface area is 165 Å². The lowest BCUT2D eigenvalue weighted by Gasteiger charge is -2.26. The van der Waals surface area contributed by atoms with Gasteiger partial charge in [0.2, 0.25) is 0 Å². The molecular formula is C23H26FN3O. The van der Waals surface area contributed by atoms with Crippen molar-refractivity contribution < 1.29 is 9.13 Å². The molecule has 0 amide bonds. The van der Waals surface area contributed by atoms with E-state index in [-0.39, 0.29) is 11.9 Å². The molecule has 1 atom stereocenters. The first-order chi connectivity index (χ1) is 13.8. The second-order valence-electron chi connectivity index (χ2n) is 7.43. The minimum Gasteiger partial charge on any atom is -0.377 e. The molecule has 0 unspecified atom stereocenters. The average Bonchev–Trinajstić information content (AvgIpc) is 3.35. The van der Waals surface area contributed by atoms with E-state index >= 15 is 0 Å². The fourth-order valence-electron chi connectivity index (χ4n) is 3.79. The van der Waals surface area contributed by atoms with Crippen LogP contribution in [0.5, 0.6) is 0 Å². The first-order valence-electron chi connectivity index (χ1n) is 9.87. The van der Waals surface area contributed by atoms with Gasteiger partial charge in [0.05, 0.1) is 18.1 Å². The third kappa shape index (κ3) is 5.06. The third-order valence-corrected chi connectivity index (χ3v) is 5.16.